The highest BCUT2D eigenvalue weighted by atomic mass is 19.1. The molecule has 0 atom stereocenters. The van der Waals surface area contributed by atoms with Gasteiger partial charge >= 0.3 is 6.09 Å². The van der Waals surface area contributed by atoms with Crippen LogP contribution in [0.2, 0.25) is 0 Å². The second-order valence-corrected chi connectivity index (χ2v) is 6.35. The zero-order valence-electron chi connectivity index (χ0n) is 14.3. The van der Waals surface area contributed by atoms with Crippen molar-refractivity contribution in [3.63, 3.8) is 0 Å². The van der Waals surface area contributed by atoms with Gasteiger partial charge in [-0.2, -0.15) is 5.26 Å². The van der Waals surface area contributed by atoms with E-state index in [2.05, 4.69) is 0 Å². The minimum Gasteiger partial charge on any atom is -0.442 e. The maximum Gasteiger partial charge on any atom is 0.444 e. The zero-order chi connectivity index (χ0) is 18.4. The second kappa shape index (κ2) is 7.67. The smallest absolute Gasteiger partial charge is 0.442 e. The molecule has 130 valence electrons. The van der Waals surface area contributed by atoms with Crippen LogP contribution in [0.25, 0.3) is 0 Å². The first-order chi connectivity index (χ1) is 11.8. The summed E-state index contributed by atoms with van der Waals surface area (Å²) in [6, 6.07) is 14.7. The fourth-order valence-corrected chi connectivity index (χ4v) is 1.97. The van der Waals surface area contributed by atoms with Crippen molar-refractivity contribution >= 4 is 6.09 Å². The summed E-state index contributed by atoms with van der Waals surface area (Å²) in [7, 11) is 0. The lowest BCUT2D eigenvalue weighted by Gasteiger charge is -2.27. The molecule has 2 aromatic rings. The Morgan fingerprint density at radius 2 is 1.88 bits per heavy atom. The molecule has 0 heterocycles. The number of hydroxylamine groups is 2. The summed E-state index contributed by atoms with van der Waals surface area (Å²) < 4.78 is 19.1. The Labute approximate surface area is 146 Å². The van der Waals surface area contributed by atoms with E-state index in [0.29, 0.717) is 0 Å². The van der Waals surface area contributed by atoms with Gasteiger partial charge < -0.3 is 9.57 Å². The molecule has 0 aliphatic carbocycles. The summed E-state index contributed by atoms with van der Waals surface area (Å²) in [6.07, 6.45) is -0.693. The van der Waals surface area contributed by atoms with Gasteiger partial charge in [-0.1, -0.05) is 30.3 Å². The van der Waals surface area contributed by atoms with E-state index in [1.165, 1.54) is 12.1 Å². The predicted molar refractivity (Wildman–Crippen MR) is 90.0 cm³/mol. The molecular weight excluding hydrogens is 323 g/mol. The van der Waals surface area contributed by atoms with Crippen LogP contribution in [0.4, 0.5) is 9.18 Å². The third-order valence-corrected chi connectivity index (χ3v) is 3.04. The number of carbonyl (C=O) groups is 1. The first-order valence-corrected chi connectivity index (χ1v) is 7.70. The SMILES string of the molecule is CC(C)(C)OC(=O)N(Cc1ccccc1)Oc1ccc(C#N)c(F)c1. The number of halogens is 1. The minimum atomic E-state index is -0.719. The van der Waals surface area contributed by atoms with Crippen molar-refractivity contribution in [2.45, 2.75) is 32.9 Å². The van der Waals surface area contributed by atoms with Crippen molar-refractivity contribution in [1.82, 2.24) is 5.06 Å². The summed E-state index contributed by atoms with van der Waals surface area (Å²) in [6.45, 7) is 5.35. The van der Waals surface area contributed by atoms with Crippen LogP contribution in [0.15, 0.2) is 48.5 Å². The van der Waals surface area contributed by atoms with E-state index in [1.54, 1.807) is 26.8 Å². The van der Waals surface area contributed by atoms with E-state index in [-0.39, 0.29) is 17.9 Å². The van der Waals surface area contributed by atoms with Gasteiger partial charge in [-0.3, -0.25) is 0 Å². The van der Waals surface area contributed by atoms with Gasteiger partial charge in [0.05, 0.1) is 12.1 Å². The van der Waals surface area contributed by atoms with E-state index in [4.69, 9.17) is 14.8 Å². The quantitative estimate of drug-likeness (QED) is 0.771. The molecule has 25 heavy (non-hydrogen) atoms. The van der Waals surface area contributed by atoms with Crippen molar-refractivity contribution in [1.29, 1.82) is 5.26 Å². The fourth-order valence-electron chi connectivity index (χ4n) is 1.97. The van der Waals surface area contributed by atoms with Gasteiger partial charge in [0.25, 0.3) is 0 Å². The van der Waals surface area contributed by atoms with E-state index in [0.717, 1.165) is 16.7 Å². The molecule has 0 bridgehead atoms. The van der Waals surface area contributed by atoms with Gasteiger partial charge in [0.1, 0.15) is 17.5 Å². The molecule has 0 fully saturated rings. The lowest BCUT2D eigenvalue weighted by molar-refractivity contribution is -0.0781. The highest BCUT2D eigenvalue weighted by Crippen LogP contribution is 2.20. The van der Waals surface area contributed by atoms with E-state index < -0.39 is 17.5 Å². The lowest BCUT2D eigenvalue weighted by Crippen LogP contribution is -2.38. The Bertz CT molecular complexity index is 779. The average Bonchev–Trinajstić information content (AvgIpc) is 2.54. The monoisotopic (exact) mass is 342 g/mol. The summed E-state index contributed by atoms with van der Waals surface area (Å²) in [5, 5.41) is 9.80. The molecule has 2 rings (SSSR count). The van der Waals surface area contributed by atoms with Gasteiger partial charge in [-0.25, -0.2) is 9.18 Å². The molecule has 6 heteroatoms. The van der Waals surface area contributed by atoms with Crippen LogP contribution in [0.1, 0.15) is 31.9 Å². The molecule has 0 N–H and O–H groups in total. The third kappa shape index (κ3) is 5.50. The maximum atomic E-state index is 13.8. The number of amides is 1. The van der Waals surface area contributed by atoms with E-state index >= 15 is 0 Å². The van der Waals surface area contributed by atoms with Gasteiger partial charge in [0.15, 0.2) is 5.75 Å². The second-order valence-electron chi connectivity index (χ2n) is 6.35. The molecule has 5 nitrogen and oxygen atoms in total. The van der Waals surface area contributed by atoms with Crippen molar-refractivity contribution in [2.75, 3.05) is 0 Å². The van der Waals surface area contributed by atoms with Crippen molar-refractivity contribution in [3.8, 4) is 11.8 Å². The Morgan fingerprint density at radius 3 is 2.44 bits per heavy atom. The Hall–Kier alpha value is -3.07. The molecule has 0 saturated carbocycles. The Kier molecular flexibility index (Phi) is 5.60. The highest BCUT2D eigenvalue weighted by Gasteiger charge is 2.24. The number of hydrogen-bond donors (Lipinski definition) is 0. The average molecular weight is 342 g/mol. The van der Waals surface area contributed by atoms with Gasteiger partial charge in [-0.05, 0) is 38.5 Å². The number of carbonyl (C=O) groups excluding carboxylic acids is 1. The molecule has 0 saturated heterocycles. The highest BCUT2D eigenvalue weighted by molar-refractivity contribution is 5.67. The first kappa shape index (κ1) is 18.3. The van der Waals surface area contributed by atoms with E-state index in [9.17, 15) is 9.18 Å². The summed E-state index contributed by atoms with van der Waals surface area (Å²) >= 11 is 0. The van der Waals surface area contributed by atoms with Crippen LogP contribution in [-0.2, 0) is 11.3 Å². The maximum absolute atomic E-state index is 13.8. The number of benzene rings is 2. The van der Waals surface area contributed by atoms with Gasteiger partial charge in [0.2, 0.25) is 0 Å². The standard InChI is InChI=1S/C19H19FN2O3/c1-19(2,3)24-18(23)22(13-14-7-5-4-6-8-14)25-16-10-9-15(12-21)17(20)11-16/h4-11H,13H2,1-3H3. The third-order valence-electron chi connectivity index (χ3n) is 3.04. The molecule has 0 aliphatic heterocycles. The van der Waals surface area contributed by atoms with Gasteiger partial charge in [-0.15, -0.1) is 5.06 Å². The van der Waals surface area contributed by atoms with Crippen LogP contribution in [-0.4, -0.2) is 16.8 Å². The topological polar surface area (TPSA) is 62.6 Å². The van der Waals surface area contributed by atoms with Crippen molar-refractivity contribution in [2.24, 2.45) is 0 Å². The zero-order valence-corrected chi connectivity index (χ0v) is 14.3. The van der Waals surface area contributed by atoms with Crippen LogP contribution < -0.4 is 4.84 Å². The Morgan fingerprint density at radius 1 is 1.20 bits per heavy atom. The number of rotatable bonds is 4. The molecule has 0 radical (unpaired) electrons. The van der Waals surface area contributed by atoms with Crippen molar-refractivity contribution < 1.29 is 18.8 Å². The van der Waals surface area contributed by atoms with Crippen LogP contribution >= 0.6 is 0 Å². The number of nitrogens with zero attached hydrogens (tertiary/aromatic N) is 2. The van der Waals surface area contributed by atoms with Crippen LogP contribution in [0.3, 0.4) is 0 Å². The van der Waals surface area contributed by atoms with Crippen LogP contribution in [0, 0.1) is 17.1 Å². The molecule has 0 spiro atoms. The molecule has 1 amide bonds. The predicted octanol–water partition coefficient (Wildman–Crippen LogP) is 4.43. The van der Waals surface area contributed by atoms with Gasteiger partial charge in [0, 0.05) is 6.07 Å². The molecule has 0 aliphatic rings. The lowest BCUT2D eigenvalue weighted by atomic mass is 10.2. The summed E-state index contributed by atoms with van der Waals surface area (Å²) in [5.74, 6) is -0.623. The largest absolute Gasteiger partial charge is 0.444 e. The molecule has 2 aromatic carbocycles. The molecule has 0 unspecified atom stereocenters. The van der Waals surface area contributed by atoms with E-state index in [1.807, 2.05) is 30.3 Å². The molecule has 0 aromatic heterocycles. The number of ether oxygens (including phenoxy) is 1. The number of nitriles is 1. The Balaban J connectivity index is 2.23. The molecular formula is C19H19FN2O3. The first-order valence-electron chi connectivity index (χ1n) is 7.70. The fraction of sp³-hybridized carbons (Fsp3) is 0.263. The summed E-state index contributed by atoms with van der Waals surface area (Å²) in [4.78, 5) is 17.9. The number of hydrogen-bond acceptors (Lipinski definition) is 4. The van der Waals surface area contributed by atoms with Crippen molar-refractivity contribution in [3.05, 3.63) is 65.5 Å². The minimum absolute atomic E-state index is 0.0956. The summed E-state index contributed by atoms with van der Waals surface area (Å²) in [5.41, 5.74) is 0.0207. The van der Waals surface area contributed by atoms with Crippen LogP contribution in [0.5, 0.6) is 5.75 Å². The normalized spacial score (nSPS) is 10.7.